The second kappa shape index (κ2) is 7.39. The first-order valence-electron chi connectivity index (χ1n) is 5.94. The molecule has 0 aliphatic heterocycles. The molecule has 0 saturated carbocycles. The molecule has 0 rings (SSSR count). The molecule has 3 heteroatoms. The van der Waals surface area contributed by atoms with E-state index in [1.807, 2.05) is 20.8 Å². The van der Waals surface area contributed by atoms with E-state index in [-0.39, 0.29) is 10.9 Å². The van der Waals surface area contributed by atoms with Crippen molar-refractivity contribution in [2.75, 3.05) is 5.75 Å². The summed E-state index contributed by atoms with van der Waals surface area (Å²) < 4.78 is 11.5. The molecule has 92 valence electrons. The van der Waals surface area contributed by atoms with Gasteiger partial charge < -0.3 is 5.11 Å². The van der Waals surface area contributed by atoms with E-state index < -0.39 is 10.8 Å². The van der Waals surface area contributed by atoms with Crippen LogP contribution in [-0.4, -0.2) is 25.9 Å². The summed E-state index contributed by atoms with van der Waals surface area (Å²) >= 11 is 0. The van der Waals surface area contributed by atoms with Gasteiger partial charge in [-0.1, -0.05) is 32.6 Å². The van der Waals surface area contributed by atoms with Gasteiger partial charge in [-0.05, 0) is 27.2 Å². The quantitative estimate of drug-likeness (QED) is 0.688. The van der Waals surface area contributed by atoms with E-state index in [0.29, 0.717) is 5.75 Å². The first kappa shape index (κ1) is 15.1. The standard InChI is InChI=1S/C12H26O2S/c1-5-6-7-8-9-11(13)10-15(14)12(2,3)4/h11,13H,5-10H2,1-4H3. The molecule has 15 heavy (non-hydrogen) atoms. The predicted octanol–water partition coefficient (Wildman–Crippen LogP) is 2.86. The van der Waals surface area contributed by atoms with Gasteiger partial charge in [0.15, 0.2) is 0 Å². The molecule has 0 aromatic rings. The van der Waals surface area contributed by atoms with Gasteiger partial charge in [0.25, 0.3) is 0 Å². The van der Waals surface area contributed by atoms with Crippen molar-refractivity contribution in [3.63, 3.8) is 0 Å². The summed E-state index contributed by atoms with van der Waals surface area (Å²) in [6.07, 6.45) is 5.08. The maximum Gasteiger partial charge on any atom is 0.0655 e. The molecule has 0 aromatic carbocycles. The number of hydrogen-bond donors (Lipinski definition) is 1. The monoisotopic (exact) mass is 234 g/mol. The van der Waals surface area contributed by atoms with Crippen molar-refractivity contribution >= 4 is 10.8 Å². The van der Waals surface area contributed by atoms with E-state index >= 15 is 0 Å². The molecule has 0 aliphatic carbocycles. The van der Waals surface area contributed by atoms with Crippen LogP contribution in [-0.2, 0) is 10.8 Å². The molecule has 0 bridgehead atoms. The van der Waals surface area contributed by atoms with Crippen molar-refractivity contribution in [1.82, 2.24) is 0 Å². The molecule has 0 aromatic heterocycles. The van der Waals surface area contributed by atoms with Crippen LogP contribution in [0.4, 0.5) is 0 Å². The molecule has 0 radical (unpaired) electrons. The zero-order valence-corrected chi connectivity index (χ0v) is 11.4. The Morgan fingerprint density at radius 2 is 1.80 bits per heavy atom. The summed E-state index contributed by atoms with van der Waals surface area (Å²) in [5.74, 6) is 0.426. The lowest BCUT2D eigenvalue weighted by atomic mass is 10.1. The van der Waals surface area contributed by atoms with Gasteiger partial charge in [-0.3, -0.25) is 4.21 Å². The van der Waals surface area contributed by atoms with E-state index in [0.717, 1.165) is 12.8 Å². The summed E-state index contributed by atoms with van der Waals surface area (Å²) in [5, 5.41) is 9.69. The summed E-state index contributed by atoms with van der Waals surface area (Å²) in [6.45, 7) is 8.03. The third-order valence-corrected chi connectivity index (χ3v) is 4.47. The minimum Gasteiger partial charge on any atom is -0.392 e. The van der Waals surface area contributed by atoms with Crippen molar-refractivity contribution in [1.29, 1.82) is 0 Å². The van der Waals surface area contributed by atoms with Gasteiger partial charge in [0.05, 0.1) is 11.9 Å². The Labute approximate surface area is 96.9 Å². The zero-order valence-electron chi connectivity index (χ0n) is 10.6. The van der Waals surface area contributed by atoms with E-state index in [1.165, 1.54) is 19.3 Å². The van der Waals surface area contributed by atoms with Crippen LogP contribution in [0.15, 0.2) is 0 Å². The minimum atomic E-state index is -0.925. The summed E-state index contributed by atoms with van der Waals surface area (Å²) in [5.41, 5.74) is 0. The Morgan fingerprint density at radius 1 is 1.20 bits per heavy atom. The van der Waals surface area contributed by atoms with Crippen molar-refractivity contribution in [3.05, 3.63) is 0 Å². The fourth-order valence-electron chi connectivity index (χ4n) is 1.31. The van der Waals surface area contributed by atoms with Crippen LogP contribution in [0.3, 0.4) is 0 Å². The molecule has 0 spiro atoms. The molecule has 2 nitrogen and oxygen atoms in total. The van der Waals surface area contributed by atoms with Crippen LogP contribution < -0.4 is 0 Å². The van der Waals surface area contributed by atoms with Crippen molar-refractivity contribution in [2.45, 2.75) is 70.7 Å². The first-order chi connectivity index (χ1) is 6.88. The number of hydrogen-bond acceptors (Lipinski definition) is 2. The van der Waals surface area contributed by atoms with Crippen LogP contribution in [0.1, 0.15) is 59.8 Å². The summed E-state index contributed by atoms with van der Waals surface area (Å²) in [6, 6.07) is 0. The summed E-state index contributed by atoms with van der Waals surface area (Å²) in [4.78, 5) is 0. The van der Waals surface area contributed by atoms with E-state index in [9.17, 15) is 9.32 Å². The lowest BCUT2D eigenvalue weighted by Gasteiger charge is -2.20. The highest BCUT2D eigenvalue weighted by atomic mass is 32.2. The lowest BCUT2D eigenvalue weighted by molar-refractivity contribution is 0.183. The topological polar surface area (TPSA) is 37.3 Å². The van der Waals surface area contributed by atoms with Gasteiger partial charge in [0.2, 0.25) is 0 Å². The van der Waals surface area contributed by atoms with Gasteiger partial charge in [-0.25, -0.2) is 0 Å². The van der Waals surface area contributed by atoms with Gasteiger partial charge >= 0.3 is 0 Å². The lowest BCUT2D eigenvalue weighted by Crippen LogP contribution is -2.29. The molecule has 0 amide bonds. The number of rotatable bonds is 7. The zero-order chi connectivity index (χ0) is 11.9. The van der Waals surface area contributed by atoms with Crippen LogP contribution in [0, 0.1) is 0 Å². The van der Waals surface area contributed by atoms with Gasteiger partial charge in [-0.15, -0.1) is 0 Å². The van der Waals surface area contributed by atoms with E-state index in [4.69, 9.17) is 0 Å². The van der Waals surface area contributed by atoms with Gasteiger partial charge in [-0.2, -0.15) is 0 Å². The average Bonchev–Trinajstić information content (AvgIpc) is 2.11. The Morgan fingerprint density at radius 3 is 2.27 bits per heavy atom. The molecule has 0 aliphatic rings. The van der Waals surface area contributed by atoms with Crippen LogP contribution in [0.5, 0.6) is 0 Å². The maximum absolute atomic E-state index is 11.7. The van der Waals surface area contributed by atoms with Crippen LogP contribution in [0.25, 0.3) is 0 Å². The smallest absolute Gasteiger partial charge is 0.0655 e. The average molecular weight is 234 g/mol. The van der Waals surface area contributed by atoms with Gasteiger partial charge in [0, 0.05) is 15.5 Å². The molecule has 2 atom stereocenters. The van der Waals surface area contributed by atoms with E-state index in [2.05, 4.69) is 6.92 Å². The fourth-order valence-corrected chi connectivity index (χ4v) is 2.33. The normalized spacial score (nSPS) is 16.3. The number of unbranched alkanes of at least 4 members (excludes halogenated alkanes) is 3. The minimum absolute atomic E-state index is 0.204. The highest BCUT2D eigenvalue weighted by molar-refractivity contribution is 7.86. The third-order valence-electron chi connectivity index (χ3n) is 2.42. The molecule has 2 unspecified atom stereocenters. The Bertz CT molecular complexity index is 185. The molecule has 1 N–H and O–H groups in total. The summed E-state index contributed by atoms with van der Waals surface area (Å²) in [7, 11) is -0.925. The highest BCUT2D eigenvalue weighted by Crippen LogP contribution is 2.14. The second-order valence-corrected chi connectivity index (χ2v) is 7.38. The van der Waals surface area contributed by atoms with Crippen LogP contribution in [0.2, 0.25) is 0 Å². The predicted molar refractivity (Wildman–Crippen MR) is 67.5 cm³/mol. The van der Waals surface area contributed by atoms with Crippen molar-refractivity contribution < 1.29 is 9.32 Å². The Kier molecular flexibility index (Phi) is 7.45. The SMILES string of the molecule is CCCCCCC(O)CS(=O)C(C)(C)C. The fraction of sp³-hybridized carbons (Fsp3) is 1.00. The Hall–Kier alpha value is 0.110. The van der Waals surface area contributed by atoms with Crippen molar-refractivity contribution in [3.8, 4) is 0 Å². The van der Waals surface area contributed by atoms with Crippen LogP contribution >= 0.6 is 0 Å². The molecule has 0 heterocycles. The number of aliphatic hydroxyl groups excluding tert-OH is 1. The number of aliphatic hydroxyl groups is 1. The van der Waals surface area contributed by atoms with Gasteiger partial charge in [0.1, 0.15) is 0 Å². The third kappa shape index (κ3) is 7.97. The largest absolute Gasteiger partial charge is 0.392 e. The molecular formula is C12H26O2S. The highest BCUT2D eigenvalue weighted by Gasteiger charge is 2.21. The Balaban J connectivity index is 3.65. The maximum atomic E-state index is 11.7. The second-order valence-electron chi connectivity index (χ2n) is 5.13. The van der Waals surface area contributed by atoms with E-state index in [1.54, 1.807) is 0 Å². The molecular weight excluding hydrogens is 208 g/mol. The molecule has 0 saturated heterocycles. The van der Waals surface area contributed by atoms with Crippen molar-refractivity contribution in [2.24, 2.45) is 0 Å². The molecule has 0 fully saturated rings. The first-order valence-corrected chi connectivity index (χ1v) is 7.26.